The fourth-order valence-corrected chi connectivity index (χ4v) is 2.49. The van der Waals surface area contributed by atoms with E-state index in [1.807, 2.05) is 4.90 Å². The first kappa shape index (κ1) is 15.9. The molecule has 6 heteroatoms. The highest BCUT2D eigenvalue weighted by molar-refractivity contribution is 5.76. The van der Waals surface area contributed by atoms with Crippen LogP contribution in [0, 0.1) is 11.6 Å². The van der Waals surface area contributed by atoms with Gasteiger partial charge in [0.1, 0.15) is 11.6 Å². The SMILES string of the molecule is O=C(CCNCC(O)c1c(F)cccc1F)N1CCCC1. The van der Waals surface area contributed by atoms with Crippen LogP contribution in [-0.2, 0) is 4.79 Å². The molecule has 0 radical (unpaired) electrons. The average molecular weight is 298 g/mol. The maximum Gasteiger partial charge on any atom is 0.223 e. The lowest BCUT2D eigenvalue weighted by Crippen LogP contribution is -2.32. The summed E-state index contributed by atoms with van der Waals surface area (Å²) in [5.41, 5.74) is -0.337. The van der Waals surface area contributed by atoms with E-state index in [9.17, 15) is 18.7 Å². The van der Waals surface area contributed by atoms with Gasteiger partial charge < -0.3 is 15.3 Å². The lowest BCUT2D eigenvalue weighted by atomic mass is 10.1. The van der Waals surface area contributed by atoms with Gasteiger partial charge in [-0.1, -0.05) is 6.07 Å². The predicted octanol–water partition coefficient (Wildman–Crippen LogP) is 1.60. The lowest BCUT2D eigenvalue weighted by molar-refractivity contribution is -0.130. The second-order valence-electron chi connectivity index (χ2n) is 5.19. The van der Waals surface area contributed by atoms with Crippen LogP contribution in [0.5, 0.6) is 0 Å². The minimum Gasteiger partial charge on any atom is -0.387 e. The van der Waals surface area contributed by atoms with E-state index < -0.39 is 17.7 Å². The molecule has 1 fully saturated rings. The van der Waals surface area contributed by atoms with Gasteiger partial charge in [0, 0.05) is 32.6 Å². The van der Waals surface area contributed by atoms with Crippen molar-refractivity contribution in [2.24, 2.45) is 0 Å². The molecule has 4 nitrogen and oxygen atoms in total. The van der Waals surface area contributed by atoms with Crippen molar-refractivity contribution in [3.8, 4) is 0 Å². The molecule has 1 aliphatic rings. The third-order valence-corrected chi connectivity index (χ3v) is 3.65. The minimum atomic E-state index is -1.27. The molecule has 116 valence electrons. The number of halogens is 2. The largest absolute Gasteiger partial charge is 0.387 e. The zero-order chi connectivity index (χ0) is 15.2. The monoisotopic (exact) mass is 298 g/mol. The zero-order valence-electron chi connectivity index (χ0n) is 11.8. The zero-order valence-corrected chi connectivity index (χ0v) is 11.8. The minimum absolute atomic E-state index is 0.00509. The molecule has 1 aliphatic heterocycles. The van der Waals surface area contributed by atoms with Crippen LogP contribution in [0.4, 0.5) is 8.78 Å². The quantitative estimate of drug-likeness (QED) is 0.784. The van der Waals surface area contributed by atoms with Crippen LogP contribution < -0.4 is 5.32 Å². The molecule has 1 atom stereocenters. The summed E-state index contributed by atoms with van der Waals surface area (Å²) in [6.07, 6.45) is 1.15. The Hall–Kier alpha value is -1.53. The molecule has 1 unspecified atom stereocenters. The molecule has 0 bridgehead atoms. The third kappa shape index (κ3) is 4.22. The smallest absolute Gasteiger partial charge is 0.223 e. The molecular weight excluding hydrogens is 278 g/mol. The van der Waals surface area contributed by atoms with Crippen LogP contribution >= 0.6 is 0 Å². The van der Waals surface area contributed by atoms with Crippen molar-refractivity contribution in [2.75, 3.05) is 26.2 Å². The van der Waals surface area contributed by atoms with E-state index in [2.05, 4.69) is 5.32 Å². The summed E-state index contributed by atoms with van der Waals surface area (Å²) in [5, 5.41) is 12.7. The Bertz CT molecular complexity index is 470. The molecule has 0 spiro atoms. The van der Waals surface area contributed by atoms with Gasteiger partial charge in [0.25, 0.3) is 0 Å². The number of aliphatic hydroxyl groups excluding tert-OH is 1. The molecular formula is C15H20F2N2O2. The maximum atomic E-state index is 13.5. The van der Waals surface area contributed by atoms with Crippen molar-refractivity contribution in [3.05, 3.63) is 35.4 Å². The van der Waals surface area contributed by atoms with Crippen molar-refractivity contribution >= 4 is 5.91 Å². The Kier molecular flexibility index (Phi) is 5.64. The van der Waals surface area contributed by atoms with Gasteiger partial charge in [0.2, 0.25) is 5.91 Å². The second kappa shape index (κ2) is 7.47. The first-order valence-corrected chi connectivity index (χ1v) is 7.20. The summed E-state index contributed by atoms with van der Waals surface area (Å²) in [7, 11) is 0. The molecule has 1 heterocycles. The maximum absolute atomic E-state index is 13.5. The first-order valence-electron chi connectivity index (χ1n) is 7.20. The van der Waals surface area contributed by atoms with Crippen LogP contribution in [-0.4, -0.2) is 42.1 Å². The Labute approximate surface area is 122 Å². The standard InChI is InChI=1S/C15H20F2N2O2/c16-11-4-3-5-12(17)15(11)13(20)10-18-7-6-14(21)19-8-1-2-9-19/h3-5,13,18,20H,1-2,6-10H2. The number of hydrogen-bond acceptors (Lipinski definition) is 3. The van der Waals surface area contributed by atoms with Crippen LogP contribution in [0.1, 0.15) is 30.9 Å². The Morgan fingerprint density at radius 3 is 2.52 bits per heavy atom. The van der Waals surface area contributed by atoms with E-state index in [4.69, 9.17) is 0 Å². The number of carbonyl (C=O) groups excluding carboxylic acids is 1. The highest BCUT2D eigenvalue weighted by Crippen LogP contribution is 2.19. The fourth-order valence-electron chi connectivity index (χ4n) is 2.49. The second-order valence-corrected chi connectivity index (χ2v) is 5.19. The van der Waals surface area contributed by atoms with Gasteiger partial charge in [-0.15, -0.1) is 0 Å². The highest BCUT2D eigenvalue weighted by atomic mass is 19.1. The van der Waals surface area contributed by atoms with Gasteiger partial charge >= 0.3 is 0 Å². The third-order valence-electron chi connectivity index (χ3n) is 3.65. The number of hydrogen-bond donors (Lipinski definition) is 2. The Morgan fingerprint density at radius 2 is 1.90 bits per heavy atom. The molecule has 1 aromatic rings. The molecule has 0 saturated carbocycles. The van der Waals surface area contributed by atoms with E-state index in [-0.39, 0.29) is 18.0 Å². The van der Waals surface area contributed by atoms with Gasteiger partial charge in [-0.25, -0.2) is 8.78 Å². The molecule has 21 heavy (non-hydrogen) atoms. The molecule has 1 amide bonds. The molecule has 2 rings (SSSR count). The Morgan fingerprint density at radius 1 is 1.29 bits per heavy atom. The molecule has 0 aliphatic carbocycles. The van der Waals surface area contributed by atoms with E-state index in [1.165, 1.54) is 6.07 Å². The van der Waals surface area contributed by atoms with Crippen molar-refractivity contribution in [3.63, 3.8) is 0 Å². The van der Waals surface area contributed by atoms with Crippen molar-refractivity contribution in [1.29, 1.82) is 0 Å². The molecule has 2 N–H and O–H groups in total. The Balaban J connectivity index is 1.74. The number of carbonyl (C=O) groups is 1. The lowest BCUT2D eigenvalue weighted by Gasteiger charge is -2.16. The summed E-state index contributed by atoms with van der Waals surface area (Å²) < 4.78 is 26.9. The van der Waals surface area contributed by atoms with Crippen LogP contribution in [0.3, 0.4) is 0 Å². The van der Waals surface area contributed by atoms with Gasteiger partial charge in [-0.05, 0) is 25.0 Å². The van der Waals surface area contributed by atoms with Crippen LogP contribution in [0.2, 0.25) is 0 Å². The summed E-state index contributed by atoms with van der Waals surface area (Å²) in [5.74, 6) is -1.46. The van der Waals surface area contributed by atoms with Crippen LogP contribution in [0.25, 0.3) is 0 Å². The number of likely N-dealkylation sites (tertiary alicyclic amines) is 1. The predicted molar refractivity (Wildman–Crippen MR) is 74.6 cm³/mol. The van der Waals surface area contributed by atoms with E-state index in [0.717, 1.165) is 38.1 Å². The number of benzene rings is 1. The molecule has 0 aromatic heterocycles. The van der Waals surface area contributed by atoms with Crippen molar-refractivity contribution in [1.82, 2.24) is 10.2 Å². The van der Waals surface area contributed by atoms with Crippen molar-refractivity contribution < 1.29 is 18.7 Å². The van der Waals surface area contributed by atoms with Gasteiger partial charge in [-0.3, -0.25) is 4.79 Å². The fraction of sp³-hybridized carbons (Fsp3) is 0.533. The number of aliphatic hydroxyl groups is 1. The van der Waals surface area contributed by atoms with Gasteiger partial charge in [0.15, 0.2) is 0 Å². The number of rotatable bonds is 6. The normalized spacial score (nSPS) is 16.2. The van der Waals surface area contributed by atoms with Gasteiger partial charge in [0.05, 0.1) is 11.7 Å². The number of amides is 1. The van der Waals surface area contributed by atoms with E-state index in [0.29, 0.717) is 13.0 Å². The van der Waals surface area contributed by atoms with Crippen LogP contribution in [0.15, 0.2) is 18.2 Å². The summed E-state index contributed by atoms with van der Waals surface area (Å²) in [6, 6.07) is 3.47. The molecule has 1 aromatic carbocycles. The van der Waals surface area contributed by atoms with Gasteiger partial charge in [-0.2, -0.15) is 0 Å². The van der Waals surface area contributed by atoms with E-state index >= 15 is 0 Å². The highest BCUT2D eigenvalue weighted by Gasteiger charge is 2.19. The topological polar surface area (TPSA) is 52.6 Å². The number of nitrogens with one attached hydrogen (secondary N) is 1. The summed E-state index contributed by atoms with van der Waals surface area (Å²) >= 11 is 0. The van der Waals surface area contributed by atoms with E-state index in [1.54, 1.807) is 0 Å². The van der Waals surface area contributed by atoms with Crippen molar-refractivity contribution in [2.45, 2.75) is 25.4 Å². The first-order chi connectivity index (χ1) is 10.1. The molecule has 1 saturated heterocycles. The summed E-state index contributed by atoms with van der Waals surface area (Å²) in [6.45, 7) is 2.00. The summed E-state index contributed by atoms with van der Waals surface area (Å²) in [4.78, 5) is 13.6. The average Bonchev–Trinajstić information content (AvgIpc) is 2.97. The number of nitrogens with zero attached hydrogens (tertiary/aromatic N) is 1.